The van der Waals surface area contributed by atoms with Gasteiger partial charge in [-0.15, -0.1) is 0 Å². The molecule has 0 spiro atoms. The molecule has 1 N–H and O–H groups in total. The number of hydrogen-bond donors (Lipinski definition) is 1. The molecular formula is C17H20ClF3N2O2. The number of alkyl halides is 3. The number of anilines is 1. The number of amides is 2. The normalized spacial score (nSPS) is 25.2. The molecule has 2 amide bonds. The number of nitrogens with zero attached hydrogens (tertiary/aromatic N) is 1. The fourth-order valence-electron chi connectivity index (χ4n) is 2.94. The van der Waals surface area contributed by atoms with Crippen LogP contribution in [0.1, 0.15) is 32.3 Å². The molecule has 8 heteroatoms. The molecule has 1 heterocycles. The highest BCUT2D eigenvalue weighted by Crippen LogP contribution is 2.51. The molecule has 0 bridgehead atoms. The molecule has 0 saturated heterocycles. The van der Waals surface area contributed by atoms with Crippen LogP contribution in [-0.4, -0.2) is 36.8 Å². The van der Waals surface area contributed by atoms with Gasteiger partial charge >= 0.3 is 12.2 Å². The zero-order valence-corrected chi connectivity index (χ0v) is 14.8. The van der Waals surface area contributed by atoms with E-state index in [1.54, 1.807) is 6.92 Å². The number of carbonyl (C=O) groups is 1. The summed E-state index contributed by atoms with van der Waals surface area (Å²) in [6.07, 6.45) is -3.05. The van der Waals surface area contributed by atoms with Crippen LogP contribution in [0, 0.1) is 5.41 Å². The molecule has 0 aromatic heterocycles. The summed E-state index contributed by atoms with van der Waals surface area (Å²) in [5.74, 6) is 0. The van der Waals surface area contributed by atoms with Crippen LogP contribution in [0.25, 0.3) is 0 Å². The molecule has 1 fully saturated rings. The zero-order chi connectivity index (χ0) is 18.5. The van der Waals surface area contributed by atoms with Gasteiger partial charge in [-0.1, -0.05) is 18.5 Å². The molecule has 0 unspecified atom stereocenters. The lowest BCUT2D eigenvalue weighted by Crippen LogP contribution is -2.53. The first-order valence-corrected chi connectivity index (χ1v) is 8.55. The number of nitrogens with one attached hydrogen (secondary N) is 1. The molecule has 1 aromatic carbocycles. The highest BCUT2D eigenvalue weighted by molar-refractivity contribution is 6.30. The molecule has 1 aliphatic heterocycles. The molecule has 1 aliphatic carbocycles. The second-order valence-electron chi connectivity index (χ2n) is 7.06. The van der Waals surface area contributed by atoms with Gasteiger partial charge in [0.1, 0.15) is 0 Å². The smallest absolute Gasteiger partial charge is 0.359 e. The lowest BCUT2D eigenvalue weighted by molar-refractivity contribution is -0.290. The summed E-state index contributed by atoms with van der Waals surface area (Å²) in [5.41, 5.74) is -2.93. The average Bonchev–Trinajstić information content (AvgIpc) is 3.27. The van der Waals surface area contributed by atoms with E-state index in [9.17, 15) is 18.0 Å². The maximum Gasteiger partial charge on any atom is 0.423 e. The molecule has 4 nitrogen and oxygen atoms in total. The van der Waals surface area contributed by atoms with Crippen LogP contribution in [0.15, 0.2) is 18.2 Å². The Bertz CT molecular complexity index is 691. The number of rotatable bonds is 4. The third kappa shape index (κ3) is 3.31. The van der Waals surface area contributed by atoms with Gasteiger partial charge in [-0.05, 0) is 43.4 Å². The van der Waals surface area contributed by atoms with Gasteiger partial charge in [0.15, 0.2) is 0 Å². The molecule has 138 valence electrons. The van der Waals surface area contributed by atoms with Crippen LogP contribution in [0.4, 0.5) is 23.7 Å². The maximum atomic E-state index is 14.3. The van der Waals surface area contributed by atoms with Crippen molar-refractivity contribution in [2.24, 2.45) is 5.41 Å². The summed E-state index contributed by atoms with van der Waals surface area (Å²) in [4.78, 5) is 13.4. The first kappa shape index (κ1) is 18.3. The van der Waals surface area contributed by atoms with Crippen molar-refractivity contribution in [2.75, 3.05) is 25.0 Å². The van der Waals surface area contributed by atoms with Crippen molar-refractivity contribution in [1.29, 1.82) is 0 Å². The number of halogens is 4. The summed E-state index contributed by atoms with van der Waals surface area (Å²) < 4.78 is 48.4. The van der Waals surface area contributed by atoms with Crippen LogP contribution in [0.2, 0.25) is 5.02 Å². The molecule has 25 heavy (non-hydrogen) atoms. The number of urea groups is 1. The molecule has 0 radical (unpaired) electrons. The first-order valence-electron chi connectivity index (χ1n) is 8.17. The van der Waals surface area contributed by atoms with E-state index in [1.807, 2.05) is 6.92 Å². The number of fused-ring (bicyclic) bond motifs is 1. The summed E-state index contributed by atoms with van der Waals surface area (Å²) >= 11 is 5.97. The molecule has 2 aliphatic rings. The van der Waals surface area contributed by atoms with Crippen LogP contribution in [0.5, 0.6) is 0 Å². The second kappa shape index (κ2) is 6.06. The Hall–Kier alpha value is -1.47. The van der Waals surface area contributed by atoms with E-state index >= 15 is 0 Å². The minimum absolute atomic E-state index is 0.0236. The highest BCUT2D eigenvalue weighted by Gasteiger charge is 2.61. The lowest BCUT2D eigenvalue weighted by Gasteiger charge is -2.38. The Morgan fingerprint density at radius 1 is 1.36 bits per heavy atom. The van der Waals surface area contributed by atoms with Crippen molar-refractivity contribution in [1.82, 2.24) is 4.90 Å². The molecule has 1 atom stereocenters. The van der Waals surface area contributed by atoms with Gasteiger partial charge in [-0.2, -0.15) is 13.2 Å². The van der Waals surface area contributed by atoms with Gasteiger partial charge in [-0.3, -0.25) is 0 Å². The number of hydrogen-bond acceptors (Lipinski definition) is 2. The van der Waals surface area contributed by atoms with Gasteiger partial charge in [0.2, 0.25) is 5.60 Å². The van der Waals surface area contributed by atoms with E-state index in [0.29, 0.717) is 0 Å². The van der Waals surface area contributed by atoms with Crippen molar-refractivity contribution >= 4 is 23.3 Å². The monoisotopic (exact) mass is 376 g/mol. The van der Waals surface area contributed by atoms with Gasteiger partial charge in [0.05, 0.1) is 13.2 Å². The largest absolute Gasteiger partial charge is 0.423 e. The summed E-state index contributed by atoms with van der Waals surface area (Å²) in [6, 6.07) is 3.49. The van der Waals surface area contributed by atoms with Gasteiger partial charge in [-0.25, -0.2) is 4.79 Å². The van der Waals surface area contributed by atoms with Crippen LogP contribution >= 0.6 is 11.6 Å². The number of likely N-dealkylation sites (N-methyl/N-ethyl adjacent to an activating group) is 1. The Morgan fingerprint density at radius 2 is 2.04 bits per heavy atom. The van der Waals surface area contributed by atoms with Crippen molar-refractivity contribution in [3.8, 4) is 0 Å². The minimum Gasteiger partial charge on any atom is -0.359 e. The zero-order valence-electron chi connectivity index (χ0n) is 14.0. The Labute approximate surface area is 149 Å². The van der Waals surface area contributed by atoms with Crippen molar-refractivity contribution < 1.29 is 22.7 Å². The van der Waals surface area contributed by atoms with E-state index in [2.05, 4.69) is 5.32 Å². The fraction of sp³-hybridized carbons (Fsp3) is 0.588. The Kier molecular flexibility index (Phi) is 4.44. The summed E-state index contributed by atoms with van der Waals surface area (Å²) in [5, 5.41) is 2.70. The average molecular weight is 377 g/mol. The molecule has 1 saturated carbocycles. The molecule has 1 aromatic rings. The van der Waals surface area contributed by atoms with Crippen LogP contribution in [0.3, 0.4) is 0 Å². The van der Waals surface area contributed by atoms with Crippen molar-refractivity contribution in [2.45, 2.75) is 38.5 Å². The third-order valence-electron chi connectivity index (χ3n) is 4.97. The van der Waals surface area contributed by atoms with Gasteiger partial charge in [0.25, 0.3) is 0 Å². The van der Waals surface area contributed by atoms with Crippen molar-refractivity contribution in [3.05, 3.63) is 28.8 Å². The second-order valence-corrected chi connectivity index (χ2v) is 7.49. The van der Waals surface area contributed by atoms with Crippen LogP contribution < -0.4 is 5.32 Å². The SMILES string of the molecule is CCN1C[C@@](OCC2(C)CC2)(C(F)(F)F)c2cc(Cl)ccc2NC1=O. The van der Waals surface area contributed by atoms with E-state index in [4.69, 9.17) is 16.3 Å². The Balaban J connectivity index is 2.14. The topological polar surface area (TPSA) is 41.6 Å². The Morgan fingerprint density at radius 3 is 2.60 bits per heavy atom. The highest BCUT2D eigenvalue weighted by atomic mass is 35.5. The van der Waals surface area contributed by atoms with Crippen molar-refractivity contribution in [3.63, 3.8) is 0 Å². The number of benzene rings is 1. The van der Waals surface area contributed by atoms with E-state index in [1.165, 1.54) is 18.2 Å². The lowest BCUT2D eigenvalue weighted by atomic mass is 9.90. The summed E-state index contributed by atoms with van der Waals surface area (Å²) in [7, 11) is 0. The van der Waals surface area contributed by atoms with E-state index in [0.717, 1.165) is 17.7 Å². The van der Waals surface area contributed by atoms with Gasteiger partial charge in [0, 0.05) is 22.8 Å². The first-order chi connectivity index (χ1) is 11.6. The minimum atomic E-state index is -4.71. The fourth-order valence-corrected chi connectivity index (χ4v) is 3.11. The predicted octanol–water partition coefficient (Wildman–Crippen LogP) is 4.78. The number of ether oxygens (including phenoxy) is 1. The van der Waals surface area contributed by atoms with E-state index < -0.39 is 24.4 Å². The number of carbonyl (C=O) groups excluding carboxylic acids is 1. The predicted molar refractivity (Wildman–Crippen MR) is 88.7 cm³/mol. The van der Waals surface area contributed by atoms with Gasteiger partial charge < -0.3 is 15.0 Å². The molecule has 3 rings (SSSR count). The quantitative estimate of drug-likeness (QED) is 0.821. The van der Waals surface area contributed by atoms with E-state index in [-0.39, 0.29) is 34.8 Å². The van der Waals surface area contributed by atoms with Crippen LogP contribution in [-0.2, 0) is 10.3 Å². The summed E-state index contributed by atoms with van der Waals surface area (Å²) in [6.45, 7) is 3.03. The maximum absolute atomic E-state index is 14.3. The standard InChI is InChI=1S/C17H20ClF3N2O2/c1-3-23-9-16(17(19,20)21,25-10-15(2)6-7-15)12-8-11(18)4-5-13(12)22-14(23)24/h4-5,8H,3,6-7,9-10H2,1-2H3,(H,22,24)/t16-/m0/s1. The third-order valence-corrected chi connectivity index (χ3v) is 5.20. The molecular weight excluding hydrogens is 357 g/mol.